The molecule has 2 unspecified atom stereocenters. The molecule has 0 saturated carbocycles. The van der Waals surface area contributed by atoms with Crippen molar-refractivity contribution in [1.82, 2.24) is 0 Å². The molecule has 0 radical (unpaired) electrons. The molecule has 390 valence electrons. The van der Waals surface area contributed by atoms with Crippen molar-refractivity contribution in [3.05, 3.63) is 181 Å². The first-order valence-corrected chi connectivity index (χ1v) is 24.9. The summed E-state index contributed by atoms with van der Waals surface area (Å²) in [4.78, 5) is 50.2. The number of nitrogens with zero attached hydrogens (tertiary/aromatic N) is 1. The van der Waals surface area contributed by atoms with E-state index in [9.17, 15) is 19.2 Å². The summed E-state index contributed by atoms with van der Waals surface area (Å²) >= 11 is 0. The van der Waals surface area contributed by atoms with Crippen LogP contribution in [0.4, 0.5) is 0 Å². The van der Waals surface area contributed by atoms with Crippen molar-refractivity contribution in [2.24, 2.45) is 0 Å². The first-order chi connectivity index (χ1) is 36.8. The largest absolute Gasteiger partial charge is 0.494 e. The number of rotatable bonds is 29. The lowest BCUT2D eigenvalue weighted by Gasteiger charge is -2.19. The normalized spacial score (nSPS) is 11.3. The van der Waals surface area contributed by atoms with Crippen molar-refractivity contribution in [3.63, 3.8) is 0 Å². The monoisotopic (exact) mass is 1020 g/mol. The second-order valence-corrected chi connectivity index (χ2v) is 17.7. The maximum Gasteiger partial charge on any atom is 0.333 e. The van der Waals surface area contributed by atoms with Crippen molar-refractivity contribution >= 4 is 23.9 Å². The maximum atomic E-state index is 12.9. The highest BCUT2D eigenvalue weighted by Gasteiger charge is 2.21. The minimum Gasteiger partial charge on any atom is -0.494 e. The number of terminal acetylenes is 1. The van der Waals surface area contributed by atoms with Crippen LogP contribution in [0, 0.1) is 23.7 Å². The topological polar surface area (TPSA) is 166 Å². The Bertz CT molecular complexity index is 2750. The zero-order valence-corrected chi connectivity index (χ0v) is 42.8. The standard InChI is InChI=1S/C63H61NO12/c1-6-46-13-17-48(18-14-46)50-21-29-54(30-22-50)69-37-9-7-11-60(65)75-58(42-73-62(67)44(2)3)40-71-56-33-25-52(26-34-56)53-27-35-57(36-28-53)72-41-59(43-74-63(68)45(4)5)76-61(66)12-8-10-38-70-55-31-23-51(24-32-55)49-19-15-47(39-64)16-20-49/h1,13-36,58-59H,2,4,7-12,37-38,40-43H2,3,5H3. The van der Waals surface area contributed by atoms with Crippen LogP contribution in [0.1, 0.15) is 63.5 Å². The lowest BCUT2D eigenvalue weighted by Crippen LogP contribution is -2.31. The van der Waals surface area contributed by atoms with Gasteiger partial charge in [0.05, 0.1) is 24.8 Å². The molecule has 0 heterocycles. The first-order valence-electron chi connectivity index (χ1n) is 24.9. The first kappa shape index (κ1) is 56.2. The summed E-state index contributed by atoms with van der Waals surface area (Å²) in [6, 6.07) is 47.3. The summed E-state index contributed by atoms with van der Waals surface area (Å²) in [6.07, 6.45) is 6.25. The molecule has 13 heteroatoms. The van der Waals surface area contributed by atoms with Crippen LogP contribution in [0.25, 0.3) is 33.4 Å². The summed E-state index contributed by atoms with van der Waals surface area (Å²) in [6.45, 7) is 10.6. The van der Waals surface area contributed by atoms with Gasteiger partial charge >= 0.3 is 23.9 Å². The number of ether oxygens (including phenoxy) is 8. The minimum absolute atomic E-state index is 0.0643. The van der Waals surface area contributed by atoms with Crippen molar-refractivity contribution in [2.75, 3.05) is 39.6 Å². The fourth-order valence-corrected chi connectivity index (χ4v) is 7.28. The minimum atomic E-state index is -0.873. The van der Waals surface area contributed by atoms with Gasteiger partial charge in [0.2, 0.25) is 0 Å². The average molecular weight is 1020 g/mol. The number of unbranched alkanes of at least 4 members (excludes halogenated alkanes) is 2. The van der Waals surface area contributed by atoms with Gasteiger partial charge in [-0.1, -0.05) is 91.9 Å². The van der Waals surface area contributed by atoms with E-state index in [2.05, 4.69) is 25.1 Å². The van der Waals surface area contributed by atoms with Gasteiger partial charge in [0.25, 0.3) is 0 Å². The highest BCUT2D eigenvalue weighted by molar-refractivity contribution is 5.87. The van der Waals surface area contributed by atoms with Gasteiger partial charge in [0, 0.05) is 29.6 Å². The van der Waals surface area contributed by atoms with E-state index in [0.717, 1.165) is 44.7 Å². The average Bonchev–Trinajstić information content (AvgIpc) is 3.44. The third-order valence-corrected chi connectivity index (χ3v) is 11.5. The van der Waals surface area contributed by atoms with Crippen LogP contribution in [0.2, 0.25) is 0 Å². The molecule has 0 aliphatic carbocycles. The zero-order chi connectivity index (χ0) is 54.1. The number of benzene rings is 6. The molecule has 0 N–H and O–H groups in total. The van der Waals surface area contributed by atoms with E-state index < -0.39 is 36.1 Å². The van der Waals surface area contributed by atoms with Crippen molar-refractivity contribution in [3.8, 4) is 74.8 Å². The van der Waals surface area contributed by atoms with Crippen molar-refractivity contribution in [2.45, 2.75) is 64.6 Å². The molecule has 0 fully saturated rings. The summed E-state index contributed by atoms with van der Waals surface area (Å²) in [5, 5.41) is 9.05. The third-order valence-electron chi connectivity index (χ3n) is 11.5. The molecule has 0 aliphatic heterocycles. The molecular formula is C63H61NO12. The van der Waals surface area contributed by atoms with E-state index >= 15 is 0 Å². The number of esters is 4. The Kier molecular flexibility index (Phi) is 21.9. The van der Waals surface area contributed by atoms with Crippen LogP contribution in [-0.4, -0.2) is 75.7 Å². The molecule has 0 aromatic heterocycles. The Hall–Kier alpha value is -9.07. The van der Waals surface area contributed by atoms with Crippen LogP contribution in [0.3, 0.4) is 0 Å². The summed E-state index contributed by atoms with van der Waals surface area (Å²) in [5.41, 5.74) is 7.71. The van der Waals surface area contributed by atoms with E-state index in [0.29, 0.717) is 61.7 Å². The summed E-state index contributed by atoms with van der Waals surface area (Å²) in [7, 11) is 0. The van der Waals surface area contributed by atoms with Gasteiger partial charge in [0.15, 0.2) is 12.2 Å². The van der Waals surface area contributed by atoms with Crippen molar-refractivity contribution in [1.29, 1.82) is 5.26 Å². The Balaban J connectivity index is 0.916. The van der Waals surface area contributed by atoms with Gasteiger partial charge < -0.3 is 37.9 Å². The number of hydrogen-bond donors (Lipinski definition) is 0. The predicted octanol–water partition coefficient (Wildman–Crippen LogP) is 11.9. The van der Waals surface area contributed by atoms with Gasteiger partial charge in [-0.3, -0.25) is 9.59 Å². The van der Waals surface area contributed by atoms with E-state index in [1.165, 1.54) is 13.8 Å². The number of carbonyl (C=O) groups excluding carboxylic acids is 4. The summed E-state index contributed by atoms with van der Waals surface area (Å²) < 4.78 is 45.7. The molecule has 6 aromatic rings. The van der Waals surface area contributed by atoms with Crippen LogP contribution in [0.5, 0.6) is 23.0 Å². The molecule has 6 rings (SSSR count). The van der Waals surface area contributed by atoms with E-state index in [4.69, 9.17) is 49.6 Å². The predicted molar refractivity (Wildman–Crippen MR) is 289 cm³/mol. The number of carbonyl (C=O) groups is 4. The lowest BCUT2D eigenvalue weighted by molar-refractivity contribution is -0.159. The highest BCUT2D eigenvalue weighted by Crippen LogP contribution is 2.27. The zero-order valence-electron chi connectivity index (χ0n) is 42.8. The molecule has 0 amide bonds. The van der Waals surface area contributed by atoms with Gasteiger partial charge in [-0.2, -0.15) is 5.26 Å². The van der Waals surface area contributed by atoms with Gasteiger partial charge in [-0.15, -0.1) is 6.42 Å². The fraction of sp³-hybridized carbons (Fsp3) is 0.254. The van der Waals surface area contributed by atoms with Crippen molar-refractivity contribution < 1.29 is 57.1 Å². The van der Waals surface area contributed by atoms with Crippen LogP contribution < -0.4 is 18.9 Å². The quantitative estimate of drug-likeness (QED) is 0.0143. The molecule has 13 nitrogen and oxygen atoms in total. The Morgan fingerprint density at radius 1 is 0.447 bits per heavy atom. The Labute approximate surface area is 444 Å². The molecule has 0 saturated heterocycles. The number of hydrogen-bond acceptors (Lipinski definition) is 13. The molecular weight excluding hydrogens is 963 g/mol. The molecule has 76 heavy (non-hydrogen) atoms. The SMILES string of the molecule is C#Cc1ccc(-c2ccc(OCCCCC(=O)OC(COC(=O)C(=C)C)COc3ccc(-c4ccc(OCC(COC(=O)C(=C)C)OC(=O)CCCCOc5ccc(-c6ccc(C#N)cc6)cc5)cc4)cc3)cc2)cc1. The van der Waals surface area contributed by atoms with E-state index in [1.807, 2.05) is 109 Å². The molecule has 2 atom stereocenters. The highest BCUT2D eigenvalue weighted by atomic mass is 16.6. The molecule has 0 bridgehead atoms. The van der Waals surface area contributed by atoms with Crippen LogP contribution in [0.15, 0.2) is 170 Å². The van der Waals surface area contributed by atoms with Crippen LogP contribution in [-0.2, 0) is 38.1 Å². The van der Waals surface area contributed by atoms with E-state index in [1.54, 1.807) is 36.4 Å². The van der Waals surface area contributed by atoms with Gasteiger partial charge in [-0.05, 0) is 146 Å². The lowest BCUT2D eigenvalue weighted by atomic mass is 10.0. The smallest absolute Gasteiger partial charge is 0.333 e. The second kappa shape index (κ2) is 29.6. The Morgan fingerprint density at radius 2 is 0.750 bits per heavy atom. The van der Waals surface area contributed by atoms with Gasteiger partial charge in [0.1, 0.15) is 49.4 Å². The number of nitriles is 1. The molecule has 0 spiro atoms. The maximum absolute atomic E-state index is 12.9. The van der Waals surface area contributed by atoms with Gasteiger partial charge in [-0.25, -0.2) is 9.59 Å². The molecule has 0 aliphatic rings. The molecule has 6 aromatic carbocycles. The van der Waals surface area contributed by atoms with E-state index in [-0.39, 0.29) is 50.4 Å². The Morgan fingerprint density at radius 3 is 1.05 bits per heavy atom. The second-order valence-electron chi connectivity index (χ2n) is 17.7. The fourth-order valence-electron chi connectivity index (χ4n) is 7.28. The summed E-state index contributed by atoms with van der Waals surface area (Å²) in [5.74, 6) is 2.92. The van der Waals surface area contributed by atoms with Crippen LogP contribution >= 0.6 is 0 Å². The third kappa shape index (κ3) is 18.8.